The van der Waals surface area contributed by atoms with Crippen LogP contribution in [0.4, 0.5) is 0 Å². The number of para-hydroxylation sites is 2. The lowest BCUT2D eigenvalue weighted by Gasteiger charge is -2.17. The van der Waals surface area contributed by atoms with Crippen molar-refractivity contribution in [3.05, 3.63) is 60.0 Å². The largest absolute Gasteiger partial charge is 0.497 e. The summed E-state index contributed by atoms with van der Waals surface area (Å²) in [6, 6.07) is 14.9. The van der Waals surface area contributed by atoms with E-state index in [1.165, 1.54) is 0 Å². The molecule has 5 heteroatoms. The fourth-order valence-electron chi connectivity index (χ4n) is 2.91. The van der Waals surface area contributed by atoms with Crippen molar-refractivity contribution >= 4 is 17.0 Å². The van der Waals surface area contributed by atoms with Gasteiger partial charge < -0.3 is 14.5 Å². The molecule has 1 atom stereocenters. The molecule has 3 rings (SSSR count). The molecule has 136 valence electrons. The smallest absolute Gasteiger partial charge is 0.225 e. The third-order valence-electron chi connectivity index (χ3n) is 4.17. The van der Waals surface area contributed by atoms with E-state index in [1.807, 2.05) is 48.5 Å². The van der Waals surface area contributed by atoms with Crippen LogP contribution in [0.2, 0.25) is 0 Å². The SMILES string of the molecule is COc1ccc(CC(=O)N[C@H](CC(C)C)c2nc3ccccc3o2)cc1. The van der Waals surface area contributed by atoms with Crippen molar-refractivity contribution in [2.45, 2.75) is 32.7 Å². The number of oxazole rings is 1. The molecule has 0 radical (unpaired) electrons. The van der Waals surface area contributed by atoms with Crippen LogP contribution in [0.25, 0.3) is 11.1 Å². The van der Waals surface area contributed by atoms with E-state index in [0.717, 1.165) is 28.8 Å². The van der Waals surface area contributed by atoms with Gasteiger partial charge in [0.2, 0.25) is 11.8 Å². The highest BCUT2D eigenvalue weighted by atomic mass is 16.5. The van der Waals surface area contributed by atoms with Crippen molar-refractivity contribution in [1.29, 1.82) is 0 Å². The van der Waals surface area contributed by atoms with Gasteiger partial charge in [-0.25, -0.2) is 4.98 Å². The Bertz CT molecular complexity index is 835. The molecule has 2 aromatic carbocycles. The number of nitrogens with one attached hydrogen (secondary N) is 1. The lowest BCUT2D eigenvalue weighted by Crippen LogP contribution is -2.31. The number of fused-ring (bicyclic) bond motifs is 1. The molecule has 0 fully saturated rings. The van der Waals surface area contributed by atoms with Crippen molar-refractivity contribution in [1.82, 2.24) is 10.3 Å². The summed E-state index contributed by atoms with van der Waals surface area (Å²) in [5.74, 6) is 1.68. The summed E-state index contributed by atoms with van der Waals surface area (Å²) in [7, 11) is 1.62. The van der Waals surface area contributed by atoms with E-state index in [0.29, 0.717) is 18.2 Å². The summed E-state index contributed by atoms with van der Waals surface area (Å²) in [5, 5.41) is 3.08. The quantitative estimate of drug-likeness (QED) is 0.689. The summed E-state index contributed by atoms with van der Waals surface area (Å²) in [4.78, 5) is 17.1. The summed E-state index contributed by atoms with van der Waals surface area (Å²) in [5.41, 5.74) is 2.48. The molecule has 0 saturated carbocycles. The molecular weight excluding hydrogens is 328 g/mol. The van der Waals surface area contributed by atoms with Gasteiger partial charge in [-0.15, -0.1) is 0 Å². The maximum Gasteiger partial charge on any atom is 0.225 e. The van der Waals surface area contributed by atoms with Crippen molar-refractivity contribution in [2.75, 3.05) is 7.11 Å². The van der Waals surface area contributed by atoms with Crippen molar-refractivity contribution in [3.63, 3.8) is 0 Å². The number of methoxy groups -OCH3 is 1. The average molecular weight is 352 g/mol. The fraction of sp³-hybridized carbons (Fsp3) is 0.333. The predicted molar refractivity (Wildman–Crippen MR) is 101 cm³/mol. The second-order valence-electron chi connectivity index (χ2n) is 6.79. The van der Waals surface area contributed by atoms with Crippen LogP contribution in [0.15, 0.2) is 52.9 Å². The number of amides is 1. The lowest BCUT2D eigenvalue weighted by atomic mass is 10.0. The predicted octanol–water partition coefficient (Wildman–Crippen LogP) is 4.28. The highest BCUT2D eigenvalue weighted by Gasteiger charge is 2.21. The third kappa shape index (κ3) is 4.42. The molecule has 26 heavy (non-hydrogen) atoms. The van der Waals surface area contributed by atoms with Crippen molar-refractivity contribution in [2.24, 2.45) is 5.92 Å². The first-order valence-electron chi connectivity index (χ1n) is 8.83. The fourth-order valence-corrected chi connectivity index (χ4v) is 2.91. The van der Waals surface area contributed by atoms with Crippen LogP contribution >= 0.6 is 0 Å². The van der Waals surface area contributed by atoms with E-state index in [-0.39, 0.29) is 11.9 Å². The highest BCUT2D eigenvalue weighted by molar-refractivity contribution is 5.79. The van der Waals surface area contributed by atoms with E-state index in [2.05, 4.69) is 24.1 Å². The highest BCUT2D eigenvalue weighted by Crippen LogP contribution is 2.25. The van der Waals surface area contributed by atoms with E-state index in [1.54, 1.807) is 7.11 Å². The summed E-state index contributed by atoms with van der Waals surface area (Å²) >= 11 is 0. The Hall–Kier alpha value is -2.82. The molecule has 1 N–H and O–H groups in total. The van der Waals surface area contributed by atoms with Gasteiger partial charge in [0.1, 0.15) is 17.3 Å². The van der Waals surface area contributed by atoms with Gasteiger partial charge in [-0.1, -0.05) is 38.1 Å². The molecule has 1 amide bonds. The van der Waals surface area contributed by atoms with Gasteiger partial charge in [0, 0.05) is 0 Å². The number of hydrogen-bond donors (Lipinski definition) is 1. The molecule has 0 unspecified atom stereocenters. The Morgan fingerprint density at radius 1 is 1.15 bits per heavy atom. The first-order valence-corrected chi connectivity index (χ1v) is 8.83. The lowest BCUT2D eigenvalue weighted by molar-refractivity contribution is -0.121. The Kier molecular flexibility index (Phi) is 5.56. The van der Waals surface area contributed by atoms with E-state index in [4.69, 9.17) is 9.15 Å². The van der Waals surface area contributed by atoms with Gasteiger partial charge in [0.25, 0.3) is 0 Å². The first kappa shape index (κ1) is 18.0. The van der Waals surface area contributed by atoms with Gasteiger partial charge in [-0.3, -0.25) is 4.79 Å². The minimum Gasteiger partial charge on any atom is -0.497 e. The Morgan fingerprint density at radius 3 is 2.54 bits per heavy atom. The second kappa shape index (κ2) is 8.04. The van der Waals surface area contributed by atoms with Gasteiger partial charge in [-0.05, 0) is 42.2 Å². The molecule has 5 nitrogen and oxygen atoms in total. The van der Waals surface area contributed by atoms with Gasteiger partial charge >= 0.3 is 0 Å². The zero-order valence-corrected chi connectivity index (χ0v) is 15.4. The first-order chi connectivity index (χ1) is 12.5. The molecule has 0 spiro atoms. The van der Waals surface area contributed by atoms with Crippen LogP contribution < -0.4 is 10.1 Å². The number of rotatable bonds is 7. The summed E-state index contributed by atoms with van der Waals surface area (Å²) < 4.78 is 11.0. The Morgan fingerprint density at radius 2 is 1.88 bits per heavy atom. The summed E-state index contributed by atoms with van der Waals surface area (Å²) in [6.45, 7) is 4.23. The number of hydrogen-bond acceptors (Lipinski definition) is 4. The summed E-state index contributed by atoms with van der Waals surface area (Å²) in [6.07, 6.45) is 1.07. The maximum absolute atomic E-state index is 12.5. The van der Waals surface area contributed by atoms with Crippen LogP contribution in [0.3, 0.4) is 0 Å². The van der Waals surface area contributed by atoms with E-state index < -0.39 is 0 Å². The molecular formula is C21H24N2O3. The normalized spacial score (nSPS) is 12.3. The van der Waals surface area contributed by atoms with Crippen LogP contribution in [-0.4, -0.2) is 18.0 Å². The van der Waals surface area contributed by atoms with Gasteiger partial charge in [-0.2, -0.15) is 0 Å². The molecule has 0 bridgehead atoms. The molecule has 0 aliphatic heterocycles. The number of carbonyl (C=O) groups is 1. The number of carbonyl (C=O) groups excluding carboxylic acids is 1. The van der Waals surface area contributed by atoms with E-state index >= 15 is 0 Å². The Labute approximate surface area is 153 Å². The van der Waals surface area contributed by atoms with Gasteiger partial charge in [0.05, 0.1) is 13.5 Å². The minimum absolute atomic E-state index is 0.0527. The number of benzene rings is 2. The monoisotopic (exact) mass is 352 g/mol. The minimum atomic E-state index is -0.242. The van der Waals surface area contributed by atoms with Crippen LogP contribution in [-0.2, 0) is 11.2 Å². The van der Waals surface area contributed by atoms with Crippen LogP contribution in [0.5, 0.6) is 5.75 Å². The average Bonchev–Trinajstić information content (AvgIpc) is 3.05. The standard InChI is InChI=1S/C21H24N2O3/c1-14(2)12-18(21-23-17-6-4-5-7-19(17)26-21)22-20(24)13-15-8-10-16(25-3)11-9-15/h4-11,14,18H,12-13H2,1-3H3,(H,22,24)/t18-/m1/s1. The molecule has 1 aromatic heterocycles. The maximum atomic E-state index is 12.5. The number of nitrogens with zero attached hydrogens (tertiary/aromatic N) is 1. The molecule has 0 aliphatic carbocycles. The zero-order valence-electron chi connectivity index (χ0n) is 15.4. The van der Waals surface area contributed by atoms with Crippen LogP contribution in [0.1, 0.15) is 37.8 Å². The number of aromatic nitrogens is 1. The van der Waals surface area contributed by atoms with Crippen LogP contribution in [0, 0.1) is 5.92 Å². The van der Waals surface area contributed by atoms with Gasteiger partial charge in [0.15, 0.2) is 5.58 Å². The molecule has 0 aliphatic rings. The Balaban J connectivity index is 1.73. The molecule has 3 aromatic rings. The second-order valence-corrected chi connectivity index (χ2v) is 6.79. The molecule has 1 heterocycles. The number of ether oxygens (including phenoxy) is 1. The van der Waals surface area contributed by atoms with E-state index in [9.17, 15) is 4.79 Å². The van der Waals surface area contributed by atoms with Crippen molar-refractivity contribution in [3.8, 4) is 5.75 Å². The topological polar surface area (TPSA) is 64.4 Å². The molecule has 0 saturated heterocycles. The van der Waals surface area contributed by atoms with Crippen molar-refractivity contribution < 1.29 is 13.9 Å². The zero-order chi connectivity index (χ0) is 18.5. The third-order valence-corrected chi connectivity index (χ3v) is 4.17.